The van der Waals surface area contributed by atoms with Crippen LogP contribution in [-0.4, -0.2) is 71.4 Å². The molecule has 0 saturated carbocycles. The summed E-state index contributed by atoms with van der Waals surface area (Å²) in [4.78, 5) is 46.3. The van der Waals surface area contributed by atoms with E-state index < -0.39 is 29.0 Å². The number of rotatable bonds is 14. The summed E-state index contributed by atoms with van der Waals surface area (Å²) in [6.45, 7) is 6.82. The Morgan fingerprint density at radius 1 is 0.980 bits per heavy atom. The molecule has 0 aliphatic carbocycles. The Hall–Kier alpha value is -5.51. The highest BCUT2D eigenvalue weighted by atomic mass is 19.4. The van der Waals surface area contributed by atoms with Gasteiger partial charge in [-0.3, -0.25) is 10.1 Å². The number of nitro benzene ring substituents is 1. The average molecular weight is 715 g/mol. The molecule has 2 N–H and O–H groups in total. The van der Waals surface area contributed by atoms with Crippen LogP contribution in [0.4, 0.5) is 18.9 Å². The minimum atomic E-state index is -5.19. The van der Waals surface area contributed by atoms with E-state index >= 15 is 0 Å². The summed E-state index contributed by atoms with van der Waals surface area (Å²) >= 11 is 0. The highest BCUT2D eigenvalue weighted by molar-refractivity contribution is 6.04. The van der Waals surface area contributed by atoms with E-state index in [2.05, 4.69) is 17.2 Å². The number of allylic oxidation sites excluding steroid dienone is 1. The van der Waals surface area contributed by atoms with Crippen molar-refractivity contribution in [3.8, 4) is 0 Å². The summed E-state index contributed by atoms with van der Waals surface area (Å²) in [5, 5.41) is 26.9. The highest BCUT2D eigenvalue weighted by Crippen LogP contribution is 2.39. The van der Waals surface area contributed by atoms with Gasteiger partial charge in [-0.2, -0.15) is 13.2 Å². The molecule has 16 heteroatoms. The van der Waals surface area contributed by atoms with Gasteiger partial charge in [-0.1, -0.05) is 43.0 Å². The maximum Gasteiger partial charge on any atom is 0.430 e. The second-order valence-corrected chi connectivity index (χ2v) is 11.5. The van der Waals surface area contributed by atoms with Gasteiger partial charge in [-0.15, -0.1) is 0 Å². The van der Waals surface area contributed by atoms with E-state index in [1.165, 1.54) is 18.2 Å². The van der Waals surface area contributed by atoms with Gasteiger partial charge in [0.25, 0.3) is 5.69 Å². The zero-order valence-electron chi connectivity index (χ0n) is 27.7. The fourth-order valence-electron chi connectivity index (χ4n) is 5.98. The van der Waals surface area contributed by atoms with Crippen LogP contribution >= 0.6 is 0 Å². The van der Waals surface area contributed by atoms with Crippen LogP contribution in [0.25, 0.3) is 5.70 Å². The molecule has 1 saturated heterocycles. The number of ether oxygens (including phenoxy) is 3. The SMILES string of the molecule is C=CCOC(=O)C1=C(CCCCOCc2ccccc2)NC2=[N+]3[C@@H]1CC[C@@H]3C(C(=O)OCC)=C(c1ccc([N+](=O)[O-])cc1)N2.O=C([O-])C(F)(F)F. The van der Waals surface area contributed by atoms with Crippen molar-refractivity contribution in [3.05, 3.63) is 105 Å². The smallest absolute Gasteiger partial charge is 0.430 e. The molecule has 3 aliphatic heterocycles. The van der Waals surface area contributed by atoms with Crippen LogP contribution in [0.1, 0.15) is 50.2 Å². The molecule has 2 atom stereocenters. The van der Waals surface area contributed by atoms with Gasteiger partial charge >= 0.3 is 24.1 Å². The fourth-order valence-corrected chi connectivity index (χ4v) is 5.98. The van der Waals surface area contributed by atoms with Gasteiger partial charge in [-0.05, 0) is 50.3 Å². The Morgan fingerprint density at radius 3 is 2.20 bits per heavy atom. The molecule has 2 aromatic carbocycles. The first-order valence-electron chi connectivity index (χ1n) is 16.1. The van der Waals surface area contributed by atoms with Crippen molar-refractivity contribution in [2.24, 2.45) is 0 Å². The number of aliphatic carboxylic acids is 1. The van der Waals surface area contributed by atoms with Gasteiger partial charge in [0.1, 0.15) is 41.5 Å². The Labute approximate surface area is 291 Å². The number of nitrogens with zero attached hydrogens (tertiary/aromatic N) is 2. The van der Waals surface area contributed by atoms with Crippen LogP contribution in [0, 0.1) is 10.1 Å². The Bertz CT molecular complexity index is 1720. The third-order valence-electron chi connectivity index (χ3n) is 8.14. The number of carboxylic acids is 1. The van der Waals surface area contributed by atoms with E-state index in [1.54, 1.807) is 19.1 Å². The van der Waals surface area contributed by atoms with E-state index in [-0.39, 0.29) is 31.0 Å². The third kappa shape index (κ3) is 9.60. The maximum atomic E-state index is 13.4. The molecule has 0 radical (unpaired) electrons. The molecular weight excluding hydrogens is 677 g/mol. The lowest BCUT2D eigenvalue weighted by atomic mass is 9.96. The normalized spacial score (nSPS) is 17.7. The second-order valence-electron chi connectivity index (χ2n) is 11.5. The first kappa shape index (κ1) is 38.3. The minimum Gasteiger partial charge on any atom is -0.542 e. The van der Waals surface area contributed by atoms with Crippen molar-refractivity contribution < 1.29 is 56.4 Å². The number of carbonyl (C=O) groups is 3. The lowest BCUT2D eigenvalue weighted by Gasteiger charge is -2.32. The number of hydrogen-bond acceptors (Lipinski definition) is 11. The molecule has 13 nitrogen and oxygen atoms in total. The molecule has 3 aliphatic rings. The predicted molar refractivity (Wildman–Crippen MR) is 174 cm³/mol. The van der Waals surface area contributed by atoms with Crippen LogP contribution in [0.3, 0.4) is 0 Å². The zero-order valence-corrected chi connectivity index (χ0v) is 27.7. The van der Waals surface area contributed by atoms with Crippen molar-refractivity contribution in [1.82, 2.24) is 10.6 Å². The summed E-state index contributed by atoms with van der Waals surface area (Å²) in [6, 6.07) is 15.4. The van der Waals surface area contributed by atoms with Crippen LogP contribution in [0.2, 0.25) is 0 Å². The van der Waals surface area contributed by atoms with E-state index in [9.17, 15) is 32.9 Å². The van der Waals surface area contributed by atoms with Gasteiger partial charge in [0, 0.05) is 30.7 Å². The molecule has 0 amide bonds. The number of benzene rings is 2. The number of nitrogens with one attached hydrogen (secondary N) is 2. The van der Waals surface area contributed by atoms with Crippen molar-refractivity contribution in [1.29, 1.82) is 0 Å². The molecule has 51 heavy (non-hydrogen) atoms. The molecule has 1 fully saturated rings. The van der Waals surface area contributed by atoms with Crippen molar-refractivity contribution >= 4 is 35.3 Å². The number of alkyl halides is 3. The van der Waals surface area contributed by atoms with Crippen LogP contribution in [0.15, 0.2) is 84.1 Å². The van der Waals surface area contributed by atoms with Gasteiger partial charge in [0.15, 0.2) is 0 Å². The molecule has 3 heterocycles. The topological polar surface area (TPSA) is 172 Å². The van der Waals surface area contributed by atoms with E-state index in [0.29, 0.717) is 60.8 Å². The number of unbranched alkanes of at least 4 members (excludes halogenated alkanes) is 1. The average Bonchev–Trinajstić information content (AvgIpc) is 3.54. The van der Waals surface area contributed by atoms with Crippen LogP contribution in [0.5, 0.6) is 0 Å². The largest absolute Gasteiger partial charge is 0.542 e. The number of halogens is 3. The molecule has 0 bridgehead atoms. The predicted octanol–water partition coefficient (Wildman–Crippen LogP) is 3.64. The Morgan fingerprint density at radius 2 is 1.61 bits per heavy atom. The number of esters is 2. The number of non-ortho nitro benzene ring substituents is 1. The lowest BCUT2D eigenvalue weighted by molar-refractivity contribution is -0.567. The zero-order chi connectivity index (χ0) is 37.1. The lowest BCUT2D eigenvalue weighted by Crippen LogP contribution is -2.56. The maximum absolute atomic E-state index is 13.4. The fraction of sp³-hybridized carbons (Fsp3) is 0.371. The van der Waals surface area contributed by atoms with E-state index in [0.717, 1.165) is 24.1 Å². The van der Waals surface area contributed by atoms with Crippen molar-refractivity contribution in [2.45, 2.75) is 63.9 Å². The van der Waals surface area contributed by atoms with E-state index in [1.807, 2.05) is 34.9 Å². The number of carbonyl (C=O) groups excluding carboxylic acids is 3. The number of guanidine groups is 1. The molecule has 0 spiro atoms. The quantitative estimate of drug-likeness (QED) is 0.0731. The minimum absolute atomic E-state index is 0.0468. The molecule has 272 valence electrons. The summed E-state index contributed by atoms with van der Waals surface area (Å²) in [5.41, 5.74) is 3.94. The molecular formula is C35H37F3N4O9. The molecule has 0 aromatic heterocycles. The van der Waals surface area contributed by atoms with Gasteiger partial charge in [0.05, 0.1) is 23.8 Å². The Kier molecular flexibility index (Phi) is 13.1. The van der Waals surface area contributed by atoms with Gasteiger partial charge < -0.3 is 24.1 Å². The second kappa shape index (κ2) is 17.4. The van der Waals surface area contributed by atoms with Gasteiger partial charge in [-0.25, -0.2) is 24.8 Å². The molecule has 5 rings (SSSR count). The van der Waals surface area contributed by atoms with Crippen molar-refractivity contribution in [3.63, 3.8) is 0 Å². The number of nitro groups is 1. The summed E-state index contributed by atoms with van der Waals surface area (Å²) in [6.07, 6.45) is -0.272. The van der Waals surface area contributed by atoms with E-state index in [4.69, 9.17) is 24.1 Å². The van der Waals surface area contributed by atoms with Crippen LogP contribution < -0.4 is 15.7 Å². The highest BCUT2D eigenvalue weighted by Gasteiger charge is 2.51. The summed E-state index contributed by atoms with van der Waals surface area (Å²) < 4.78 is 50.4. The molecule has 2 aromatic rings. The third-order valence-corrected chi connectivity index (χ3v) is 8.14. The summed E-state index contributed by atoms with van der Waals surface area (Å²) in [5.74, 6) is -3.25. The number of hydrogen-bond donors (Lipinski definition) is 2. The number of carboxylic acid groups (broad SMARTS) is 1. The first-order chi connectivity index (χ1) is 24.4. The molecule has 0 unspecified atom stereocenters. The monoisotopic (exact) mass is 714 g/mol. The Balaban J connectivity index is 0.000000755. The van der Waals surface area contributed by atoms with Crippen LogP contribution in [-0.2, 0) is 35.2 Å². The standard InChI is InChI=1S/C33H36N4O7.C2HF3O2/c1-3-19-44-31(38)28-25(12-8-9-20-42-21-22-10-6-5-7-11-22)34-33-35-30(23-13-15-24(16-14-23)37(40)41)29(32(39)43-4-2)27-18-17-26(28)36(27)33;3-2(4,5)1(6)7/h3,5-7,10-11,13-16,26-27H,1,4,8-9,12,17-21H2,2H3,(H,34,35,38,39);(H,6,7)/t26-,27-;/m1./s1. The van der Waals surface area contributed by atoms with Crippen molar-refractivity contribution in [2.75, 3.05) is 19.8 Å². The van der Waals surface area contributed by atoms with Gasteiger partial charge in [0.2, 0.25) is 0 Å². The first-order valence-corrected chi connectivity index (χ1v) is 16.1. The summed E-state index contributed by atoms with van der Waals surface area (Å²) in [7, 11) is 0.